The average Bonchev–Trinajstić information content (AvgIpc) is 3.46. The van der Waals surface area contributed by atoms with Gasteiger partial charge in [-0.1, -0.05) is 215 Å². The Bertz CT molecular complexity index is 1700. The van der Waals surface area contributed by atoms with Crippen LogP contribution in [0.25, 0.3) is 0 Å². The number of aliphatic hydroxyl groups excluding tert-OH is 2. The van der Waals surface area contributed by atoms with E-state index < -0.39 is 67.3 Å². The Morgan fingerprint density at radius 3 is 1.25 bits per heavy atom. The summed E-state index contributed by atoms with van der Waals surface area (Å²) in [4.78, 5) is 51.2. The summed E-state index contributed by atoms with van der Waals surface area (Å²) in [6.07, 6.45) is 58.2. The van der Waals surface area contributed by atoms with Crippen LogP contribution in [0.4, 0.5) is 0 Å². The third-order valence-electron chi connectivity index (χ3n) is 13.9. The molecule has 0 bridgehead atoms. The van der Waals surface area contributed by atoms with Crippen LogP contribution in [0.1, 0.15) is 265 Å². The predicted molar refractivity (Wildman–Crippen MR) is 321 cm³/mol. The minimum absolute atomic E-state index is 0.0400. The fourth-order valence-corrected chi connectivity index (χ4v) is 9.09. The van der Waals surface area contributed by atoms with Gasteiger partial charge in [-0.25, -0.2) is 4.79 Å². The molecule has 1 rings (SSSR count). The number of ether oxygens (including phenoxy) is 5. The first-order valence-electron chi connectivity index (χ1n) is 31.6. The van der Waals surface area contributed by atoms with Crippen molar-refractivity contribution in [2.45, 2.75) is 302 Å². The molecule has 0 amide bonds. The van der Waals surface area contributed by atoms with Gasteiger partial charge in [0.25, 0.3) is 0 Å². The molecule has 0 aromatic rings. The number of hydrogen-bond acceptors (Lipinski definition) is 11. The van der Waals surface area contributed by atoms with Gasteiger partial charge in [-0.15, -0.1) is 0 Å². The summed E-state index contributed by atoms with van der Waals surface area (Å²) in [5.74, 6) is -3.15. The Balaban J connectivity index is 2.67. The molecule has 0 aromatic heterocycles. The number of hydrogen-bond donors (Lipinski definition) is 3. The molecule has 0 spiro atoms. The Labute approximate surface area is 480 Å². The maximum absolute atomic E-state index is 13.2. The van der Waals surface area contributed by atoms with Crippen LogP contribution < -0.4 is 0 Å². The van der Waals surface area contributed by atoms with Gasteiger partial charge in [0.05, 0.1) is 6.61 Å². The highest BCUT2D eigenvalue weighted by atomic mass is 16.7. The van der Waals surface area contributed by atoms with Crippen molar-refractivity contribution < 1.29 is 58.2 Å². The Kier molecular flexibility index (Phi) is 50.3. The van der Waals surface area contributed by atoms with Gasteiger partial charge in [-0.2, -0.15) is 0 Å². The van der Waals surface area contributed by atoms with Crippen LogP contribution in [0, 0.1) is 0 Å². The van der Waals surface area contributed by atoms with Gasteiger partial charge in [0.1, 0.15) is 18.8 Å². The summed E-state index contributed by atoms with van der Waals surface area (Å²) in [6, 6.07) is 0. The number of carbonyl (C=O) groups excluding carboxylic acids is 3. The van der Waals surface area contributed by atoms with Crippen LogP contribution in [0.2, 0.25) is 0 Å². The molecule has 3 N–H and O–H groups in total. The smallest absolute Gasteiger partial charge is 0.335 e. The van der Waals surface area contributed by atoms with E-state index in [1.165, 1.54) is 64.2 Å². The van der Waals surface area contributed by atoms with E-state index in [0.29, 0.717) is 19.3 Å². The van der Waals surface area contributed by atoms with Crippen LogP contribution in [0.5, 0.6) is 0 Å². The van der Waals surface area contributed by atoms with Crippen LogP contribution >= 0.6 is 0 Å². The maximum atomic E-state index is 13.2. The van der Waals surface area contributed by atoms with E-state index in [1.54, 1.807) is 0 Å². The summed E-state index contributed by atoms with van der Waals surface area (Å²) in [7, 11) is 0. The Hall–Kier alpha value is -4.10. The molecule has 1 fully saturated rings. The van der Waals surface area contributed by atoms with E-state index in [2.05, 4.69) is 106 Å². The number of carboxylic acid groups (broad SMARTS) is 1. The molecule has 12 nitrogen and oxygen atoms in total. The van der Waals surface area contributed by atoms with Crippen LogP contribution in [-0.4, -0.2) is 89.2 Å². The molecule has 1 aliphatic rings. The van der Waals surface area contributed by atoms with Crippen molar-refractivity contribution >= 4 is 23.9 Å². The molecule has 6 atom stereocenters. The normalized spacial score (nSPS) is 18.4. The summed E-state index contributed by atoms with van der Waals surface area (Å²) in [6.45, 7) is 5.84. The minimum atomic E-state index is -1.91. The number of allylic oxidation sites excluding steroid dienone is 14. The maximum Gasteiger partial charge on any atom is 0.335 e. The van der Waals surface area contributed by atoms with E-state index in [9.17, 15) is 34.5 Å². The van der Waals surface area contributed by atoms with Crippen molar-refractivity contribution in [2.24, 2.45) is 0 Å². The van der Waals surface area contributed by atoms with E-state index in [4.69, 9.17) is 23.7 Å². The number of carbonyl (C=O) groups is 4. The second kappa shape index (κ2) is 54.5. The number of esters is 3. The molecular weight excluding hydrogens is 997 g/mol. The fourth-order valence-electron chi connectivity index (χ4n) is 9.09. The molecule has 1 heterocycles. The van der Waals surface area contributed by atoms with Gasteiger partial charge in [0, 0.05) is 19.3 Å². The fraction of sp³-hybridized carbons (Fsp3) is 0.731. The lowest BCUT2D eigenvalue weighted by Gasteiger charge is -2.40. The van der Waals surface area contributed by atoms with Gasteiger partial charge in [-0.05, 0) is 116 Å². The topological polar surface area (TPSA) is 175 Å². The summed E-state index contributed by atoms with van der Waals surface area (Å²) in [5, 5.41) is 31.6. The number of aliphatic carboxylic acids is 1. The molecule has 0 radical (unpaired) electrons. The van der Waals surface area contributed by atoms with Gasteiger partial charge in [0.15, 0.2) is 24.6 Å². The highest BCUT2D eigenvalue weighted by molar-refractivity contribution is 5.74. The van der Waals surface area contributed by atoms with Crippen molar-refractivity contribution in [1.29, 1.82) is 0 Å². The van der Waals surface area contributed by atoms with E-state index in [0.717, 1.165) is 141 Å². The zero-order chi connectivity index (χ0) is 57.5. The largest absolute Gasteiger partial charge is 0.479 e. The molecule has 12 heteroatoms. The van der Waals surface area contributed by atoms with E-state index in [-0.39, 0.29) is 25.9 Å². The van der Waals surface area contributed by atoms with E-state index in [1.807, 2.05) is 0 Å². The second-order valence-corrected chi connectivity index (χ2v) is 21.3. The number of aliphatic hydroxyl groups is 2. The van der Waals surface area contributed by atoms with Crippen LogP contribution in [0.3, 0.4) is 0 Å². The third kappa shape index (κ3) is 44.3. The molecule has 79 heavy (non-hydrogen) atoms. The molecule has 0 aliphatic carbocycles. The summed E-state index contributed by atoms with van der Waals surface area (Å²) in [5.41, 5.74) is 0. The molecule has 452 valence electrons. The SMILES string of the molecule is CC/C=C\C/C=C\C/C=C\C/C=C\CCCCCCCCC(=O)OC1C(OCC(COC(=O)CCCCCCCCC/C=C\C/C=C\CCCCC)OC(=O)CCCCCCC/C=C\CCCCCC)OC(C(=O)O)C(O)C1O. The third-order valence-corrected chi connectivity index (χ3v) is 13.9. The zero-order valence-corrected chi connectivity index (χ0v) is 49.8. The highest BCUT2D eigenvalue weighted by Gasteiger charge is 2.50. The lowest BCUT2D eigenvalue weighted by atomic mass is 9.98. The first-order valence-corrected chi connectivity index (χ1v) is 31.6. The molecule has 1 aliphatic heterocycles. The van der Waals surface area contributed by atoms with Gasteiger partial charge in [0.2, 0.25) is 0 Å². The predicted octanol–water partition coefficient (Wildman–Crippen LogP) is 16.7. The van der Waals surface area contributed by atoms with Crippen molar-refractivity contribution in [3.8, 4) is 0 Å². The van der Waals surface area contributed by atoms with Crippen LogP contribution in [-0.2, 0) is 42.9 Å². The Morgan fingerprint density at radius 2 is 0.797 bits per heavy atom. The standard InChI is InChI=1S/C67H112O12/c1-4-7-10-13-16-19-22-25-27-29-30-32-34-37-40-43-46-49-52-55-61(70)78-65-63(72)62(71)64(66(73)74)79-67(65)76-57-58(77-60(69)54-51-48-45-42-39-35-24-21-18-15-12-9-6-3)56-75-59(68)53-50-47-44-41-38-36-33-31-28-26-23-20-17-14-11-8-5-2/h7,10,16-17,19-21,24-28,30,32,58,62-65,67,71-72H,4-6,8-9,11-15,18,22-23,29,31,33-57H2,1-3H3,(H,73,74)/b10-7-,19-16-,20-17-,24-21-,27-25-,28-26-,32-30-. The van der Waals surface area contributed by atoms with Gasteiger partial charge >= 0.3 is 23.9 Å². The van der Waals surface area contributed by atoms with Crippen molar-refractivity contribution in [1.82, 2.24) is 0 Å². The van der Waals surface area contributed by atoms with Gasteiger partial charge in [-0.3, -0.25) is 14.4 Å². The number of carboxylic acids is 1. The lowest BCUT2D eigenvalue weighted by Crippen LogP contribution is -2.61. The van der Waals surface area contributed by atoms with Crippen molar-refractivity contribution in [3.05, 3.63) is 85.1 Å². The van der Waals surface area contributed by atoms with E-state index >= 15 is 0 Å². The monoisotopic (exact) mass is 1110 g/mol. The Morgan fingerprint density at radius 1 is 0.430 bits per heavy atom. The molecule has 0 aromatic carbocycles. The number of rotatable bonds is 53. The molecule has 6 unspecified atom stereocenters. The molecule has 0 saturated carbocycles. The quantitative estimate of drug-likeness (QED) is 0.0228. The summed E-state index contributed by atoms with van der Waals surface area (Å²) < 4.78 is 28.5. The van der Waals surface area contributed by atoms with Gasteiger partial charge < -0.3 is 39.0 Å². The van der Waals surface area contributed by atoms with Crippen molar-refractivity contribution in [2.75, 3.05) is 13.2 Å². The zero-order valence-electron chi connectivity index (χ0n) is 49.8. The van der Waals surface area contributed by atoms with Crippen LogP contribution in [0.15, 0.2) is 85.1 Å². The molecule has 1 saturated heterocycles. The lowest BCUT2D eigenvalue weighted by molar-refractivity contribution is -0.301. The first kappa shape index (κ1) is 72.9. The average molecular weight is 1110 g/mol. The highest BCUT2D eigenvalue weighted by Crippen LogP contribution is 2.26. The minimum Gasteiger partial charge on any atom is -0.479 e. The summed E-state index contributed by atoms with van der Waals surface area (Å²) >= 11 is 0. The molecular formula is C67H112O12. The second-order valence-electron chi connectivity index (χ2n) is 21.3. The van der Waals surface area contributed by atoms with Crippen molar-refractivity contribution in [3.63, 3.8) is 0 Å². The first-order chi connectivity index (χ1) is 38.6. The number of unbranched alkanes of at least 4 members (excludes halogenated alkanes) is 25.